The van der Waals surface area contributed by atoms with Gasteiger partial charge in [0.15, 0.2) is 0 Å². The van der Waals surface area contributed by atoms with Gasteiger partial charge in [0.25, 0.3) is 0 Å². The first-order chi connectivity index (χ1) is 10.3. The van der Waals surface area contributed by atoms with Gasteiger partial charge in [-0.05, 0) is 29.8 Å². The zero-order chi connectivity index (χ0) is 14.7. The summed E-state index contributed by atoms with van der Waals surface area (Å²) < 4.78 is 0. The van der Waals surface area contributed by atoms with E-state index in [0.717, 1.165) is 22.4 Å². The molecular formula is C18H15NO2. The molecule has 3 heteroatoms. The number of nitrogens with zero attached hydrogens (tertiary/aromatic N) is 1. The van der Waals surface area contributed by atoms with Gasteiger partial charge in [0, 0.05) is 23.7 Å². The molecule has 0 aliphatic rings. The molecule has 0 aliphatic carbocycles. The molecule has 1 heterocycles. The van der Waals surface area contributed by atoms with Crippen LogP contribution >= 0.6 is 0 Å². The van der Waals surface area contributed by atoms with Crippen molar-refractivity contribution in [1.29, 1.82) is 0 Å². The second-order valence-corrected chi connectivity index (χ2v) is 4.82. The maximum atomic E-state index is 10.2. The van der Waals surface area contributed by atoms with Crippen LogP contribution < -0.4 is 0 Å². The van der Waals surface area contributed by atoms with E-state index in [1.165, 1.54) is 0 Å². The van der Waals surface area contributed by atoms with Crippen LogP contribution in [0, 0.1) is 0 Å². The van der Waals surface area contributed by atoms with Crippen molar-refractivity contribution < 1.29 is 10.2 Å². The van der Waals surface area contributed by atoms with Gasteiger partial charge in [0.1, 0.15) is 11.5 Å². The second-order valence-electron chi connectivity index (χ2n) is 4.82. The molecule has 0 amide bonds. The van der Waals surface area contributed by atoms with Gasteiger partial charge in [-0.25, -0.2) is 0 Å². The molecule has 0 fully saturated rings. The molecule has 3 aromatic rings. The fourth-order valence-corrected chi connectivity index (χ4v) is 2.37. The molecule has 21 heavy (non-hydrogen) atoms. The molecule has 2 N–H and O–H groups in total. The van der Waals surface area contributed by atoms with E-state index in [9.17, 15) is 10.2 Å². The molecule has 0 bridgehead atoms. The minimum Gasteiger partial charge on any atom is -0.508 e. The van der Waals surface area contributed by atoms with Gasteiger partial charge in [-0.2, -0.15) is 0 Å². The van der Waals surface area contributed by atoms with E-state index in [4.69, 9.17) is 0 Å². The van der Waals surface area contributed by atoms with E-state index in [0.29, 0.717) is 6.42 Å². The van der Waals surface area contributed by atoms with Crippen LogP contribution in [0.1, 0.15) is 11.1 Å². The Hall–Kier alpha value is -2.81. The first-order valence-corrected chi connectivity index (χ1v) is 6.75. The van der Waals surface area contributed by atoms with E-state index in [1.54, 1.807) is 30.5 Å². The van der Waals surface area contributed by atoms with Crippen molar-refractivity contribution in [2.45, 2.75) is 6.42 Å². The number of para-hydroxylation sites is 1. The molecular weight excluding hydrogens is 262 g/mol. The molecule has 0 saturated heterocycles. The zero-order valence-corrected chi connectivity index (χ0v) is 11.4. The van der Waals surface area contributed by atoms with Gasteiger partial charge < -0.3 is 10.2 Å². The van der Waals surface area contributed by atoms with Crippen LogP contribution in [0.25, 0.3) is 11.3 Å². The number of rotatable bonds is 3. The van der Waals surface area contributed by atoms with E-state index in [1.807, 2.05) is 36.4 Å². The second kappa shape index (κ2) is 5.67. The first-order valence-electron chi connectivity index (χ1n) is 6.75. The largest absolute Gasteiger partial charge is 0.508 e. The number of hydrogen-bond donors (Lipinski definition) is 2. The third kappa shape index (κ3) is 2.72. The number of phenols is 2. The standard InChI is InChI=1S/C18H15NO2/c20-17-9-2-1-6-13(17)12-15-14(7-5-10-18(15)21)16-8-3-4-11-19-16/h1-11,20-21H,12H2. The number of phenolic OH excluding ortho intramolecular Hbond substituents is 2. The average Bonchev–Trinajstić information content (AvgIpc) is 2.52. The first kappa shape index (κ1) is 13.2. The van der Waals surface area contributed by atoms with Crippen molar-refractivity contribution in [3.63, 3.8) is 0 Å². The Kier molecular flexibility index (Phi) is 3.56. The summed E-state index contributed by atoms with van der Waals surface area (Å²) in [6, 6.07) is 18.2. The third-order valence-electron chi connectivity index (χ3n) is 3.45. The Morgan fingerprint density at radius 1 is 0.762 bits per heavy atom. The molecule has 0 unspecified atom stereocenters. The maximum absolute atomic E-state index is 10.2. The van der Waals surface area contributed by atoms with Crippen LogP contribution in [0.2, 0.25) is 0 Å². The normalized spacial score (nSPS) is 10.5. The lowest BCUT2D eigenvalue weighted by molar-refractivity contribution is 0.463. The van der Waals surface area contributed by atoms with Gasteiger partial charge in [0.2, 0.25) is 0 Å². The Labute approximate surface area is 123 Å². The number of benzene rings is 2. The molecule has 0 radical (unpaired) electrons. The van der Waals surface area contributed by atoms with Crippen molar-refractivity contribution in [3.8, 4) is 22.8 Å². The van der Waals surface area contributed by atoms with Crippen molar-refractivity contribution >= 4 is 0 Å². The molecule has 3 nitrogen and oxygen atoms in total. The zero-order valence-electron chi connectivity index (χ0n) is 11.4. The predicted octanol–water partition coefficient (Wildman–Crippen LogP) is 3.75. The highest BCUT2D eigenvalue weighted by Crippen LogP contribution is 2.32. The summed E-state index contributed by atoms with van der Waals surface area (Å²) in [6.07, 6.45) is 2.18. The summed E-state index contributed by atoms with van der Waals surface area (Å²) in [4.78, 5) is 4.34. The van der Waals surface area contributed by atoms with Crippen LogP contribution in [0.4, 0.5) is 0 Å². The van der Waals surface area contributed by atoms with Crippen molar-refractivity contribution in [2.24, 2.45) is 0 Å². The quantitative estimate of drug-likeness (QED) is 0.766. The van der Waals surface area contributed by atoms with E-state index in [-0.39, 0.29) is 11.5 Å². The highest BCUT2D eigenvalue weighted by atomic mass is 16.3. The van der Waals surface area contributed by atoms with E-state index in [2.05, 4.69) is 4.98 Å². The fourth-order valence-electron chi connectivity index (χ4n) is 2.37. The van der Waals surface area contributed by atoms with Gasteiger partial charge in [-0.1, -0.05) is 36.4 Å². The lowest BCUT2D eigenvalue weighted by Crippen LogP contribution is -1.95. The number of aromatic nitrogens is 1. The van der Waals surface area contributed by atoms with Crippen LogP contribution in [0.15, 0.2) is 66.9 Å². The number of aromatic hydroxyl groups is 2. The topological polar surface area (TPSA) is 53.4 Å². The third-order valence-corrected chi connectivity index (χ3v) is 3.45. The highest BCUT2D eigenvalue weighted by molar-refractivity contribution is 5.67. The highest BCUT2D eigenvalue weighted by Gasteiger charge is 2.12. The molecule has 0 atom stereocenters. The van der Waals surface area contributed by atoms with Crippen LogP contribution in [-0.2, 0) is 6.42 Å². The predicted molar refractivity (Wildman–Crippen MR) is 82.3 cm³/mol. The van der Waals surface area contributed by atoms with Gasteiger partial charge in [-0.3, -0.25) is 4.98 Å². The molecule has 0 aliphatic heterocycles. The summed E-state index contributed by atoms with van der Waals surface area (Å²) in [5.41, 5.74) is 3.21. The Bertz CT molecular complexity index is 754. The lowest BCUT2D eigenvalue weighted by atomic mass is 9.96. The Morgan fingerprint density at radius 3 is 2.29 bits per heavy atom. The van der Waals surface area contributed by atoms with Crippen molar-refractivity contribution in [1.82, 2.24) is 4.98 Å². The smallest absolute Gasteiger partial charge is 0.119 e. The van der Waals surface area contributed by atoms with Gasteiger partial charge in [0.05, 0.1) is 5.69 Å². The summed E-state index contributed by atoms with van der Waals surface area (Å²) in [6.45, 7) is 0. The number of hydrogen-bond acceptors (Lipinski definition) is 3. The average molecular weight is 277 g/mol. The molecule has 2 aromatic carbocycles. The van der Waals surface area contributed by atoms with Gasteiger partial charge in [-0.15, -0.1) is 0 Å². The van der Waals surface area contributed by atoms with E-state index < -0.39 is 0 Å². The fraction of sp³-hybridized carbons (Fsp3) is 0.0556. The Balaban J connectivity index is 2.08. The monoisotopic (exact) mass is 277 g/mol. The summed E-state index contributed by atoms with van der Waals surface area (Å²) >= 11 is 0. The van der Waals surface area contributed by atoms with Crippen LogP contribution in [0.3, 0.4) is 0 Å². The Morgan fingerprint density at radius 2 is 1.52 bits per heavy atom. The summed E-state index contributed by atoms with van der Waals surface area (Å²) in [5, 5.41) is 20.1. The maximum Gasteiger partial charge on any atom is 0.119 e. The molecule has 0 spiro atoms. The van der Waals surface area contributed by atoms with E-state index >= 15 is 0 Å². The van der Waals surface area contributed by atoms with Crippen molar-refractivity contribution in [2.75, 3.05) is 0 Å². The lowest BCUT2D eigenvalue weighted by Gasteiger charge is -2.12. The van der Waals surface area contributed by atoms with Gasteiger partial charge >= 0.3 is 0 Å². The SMILES string of the molecule is Oc1ccccc1Cc1c(O)cccc1-c1ccccn1. The van der Waals surface area contributed by atoms with Crippen LogP contribution in [-0.4, -0.2) is 15.2 Å². The molecule has 0 saturated carbocycles. The minimum absolute atomic E-state index is 0.210. The molecule has 1 aromatic heterocycles. The minimum atomic E-state index is 0.210. The van der Waals surface area contributed by atoms with Crippen LogP contribution in [0.5, 0.6) is 11.5 Å². The number of pyridine rings is 1. The molecule has 104 valence electrons. The molecule has 3 rings (SSSR count). The summed E-state index contributed by atoms with van der Waals surface area (Å²) in [7, 11) is 0. The van der Waals surface area contributed by atoms with Crippen molar-refractivity contribution in [3.05, 3.63) is 78.0 Å². The summed E-state index contributed by atoms with van der Waals surface area (Å²) in [5.74, 6) is 0.439.